The second-order valence-electron chi connectivity index (χ2n) is 5.62. The molecule has 0 saturated heterocycles. The Bertz CT molecular complexity index is 459. The summed E-state index contributed by atoms with van der Waals surface area (Å²) in [5, 5.41) is 3.15. The number of aryl methyl sites for hydroxylation is 1. The molecule has 19 heavy (non-hydrogen) atoms. The number of nitrogens with two attached hydrogens (primary N) is 1. The van der Waals surface area contributed by atoms with Gasteiger partial charge in [-0.05, 0) is 49.4 Å². The normalized spacial score (nSPS) is 22.9. The van der Waals surface area contributed by atoms with Crippen LogP contribution >= 0.6 is 0 Å². The molecule has 1 fully saturated rings. The fraction of sp³-hybridized carbons (Fsp3) is 0.533. The minimum absolute atomic E-state index is 0.0279. The van der Waals surface area contributed by atoms with Gasteiger partial charge >= 0.3 is 0 Å². The van der Waals surface area contributed by atoms with Crippen LogP contribution in [0.5, 0.6) is 0 Å². The zero-order valence-corrected chi connectivity index (χ0v) is 11.7. The molecule has 2 atom stereocenters. The number of nitrogen functional groups attached to an aromatic ring is 1. The number of hydrogen-bond donors (Lipinski definition) is 3. The molecule has 4 heteroatoms. The molecule has 1 aromatic rings. The van der Waals surface area contributed by atoms with Gasteiger partial charge in [0.1, 0.15) is 0 Å². The maximum atomic E-state index is 12.3. The van der Waals surface area contributed by atoms with Crippen LogP contribution in [0.4, 0.5) is 5.69 Å². The maximum Gasteiger partial charge on any atom is 0.251 e. The van der Waals surface area contributed by atoms with Gasteiger partial charge in [-0.2, -0.15) is 0 Å². The fourth-order valence-electron chi connectivity index (χ4n) is 2.84. The first kappa shape index (κ1) is 13.9. The Morgan fingerprint density at radius 2 is 2.16 bits per heavy atom. The Hall–Kier alpha value is -1.55. The summed E-state index contributed by atoms with van der Waals surface area (Å²) in [6.07, 6.45) is 4.67. The molecule has 0 radical (unpaired) electrons. The summed E-state index contributed by atoms with van der Waals surface area (Å²) in [5.74, 6) is 6.10. The molecule has 1 aromatic carbocycles. The van der Waals surface area contributed by atoms with Crippen LogP contribution in [0.15, 0.2) is 18.2 Å². The third-order valence-electron chi connectivity index (χ3n) is 3.91. The Kier molecular flexibility index (Phi) is 4.43. The van der Waals surface area contributed by atoms with Crippen LogP contribution in [0.3, 0.4) is 0 Å². The van der Waals surface area contributed by atoms with Gasteiger partial charge in [-0.25, -0.2) is 0 Å². The average Bonchev–Trinajstić information content (AvgIpc) is 2.38. The summed E-state index contributed by atoms with van der Waals surface area (Å²) in [4.78, 5) is 12.3. The molecular formula is C15H23N3O. The summed E-state index contributed by atoms with van der Waals surface area (Å²) in [6, 6.07) is 5.86. The van der Waals surface area contributed by atoms with E-state index in [-0.39, 0.29) is 5.91 Å². The van der Waals surface area contributed by atoms with Crippen molar-refractivity contribution in [1.29, 1.82) is 0 Å². The Balaban J connectivity index is 2.03. The van der Waals surface area contributed by atoms with E-state index in [1.807, 2.05) is 25.1 Å². The first-order chi connectivity index (χ1) is 9.10. The van der Waals surface area contributed by atoms with Crippen molar-refractivity contribution >= 4 is 11.6 Å². The summed E-state index contributed by atoms with van der Waals surface area (Å²) < 4.78 is 0. The molecule has 2 unspecified atom stereocenters. The van der Waals surface area contributed by atoms with Crippen LogP contribution in [0, 0.1) is 12.8 Å². The van der Waals surface area contributed by atoms with E-state index in [1.54, 1.807) is 0 Å². The van der Waals surface area contributed by atoms with E-state index in [4.69, 9.17) is 5.84 Å². The second kappa shape index (κ2) is 6.06. The summed E-state index contributed by atoms with van der Waals surface area (Å²) in [5.41, 5.74) is 5.08. The molecule has 0 spiro atoms. The topological polar surface area (TPSA) is 67.1 Å². The van der Waals surface area contributed by atoms with Crippen molar-refractivity contribution in [2.75, 3.05) is 5.43 Å². The maximum absolute atomic E-state index is 12.3. The number of amides is 1. The van der Waals surface area contributed by atoms with Crippen molar-refractivity contribution in [1.82, 2.24) is 5.32 Å². The van der Waals surface area contributed by atoms with E-state index in [0.717, 1.165) is 29.7 Å². The number of rotatable bonds is 3. The summed E-state index contributed by atoms with van der Waals surface area (Å²) in [6.45, 7) is 4.19. The van der Waals surface area contributed by atoms with Crippen molar-refractivity contribution in [3.05, 3.63) is 29.3 Å². The van der Waals surface area contributed by atoms with Crippen LogP contribution in [0.2, 0.25) is 0 Å². The zero-order chi connectivity index (χ0) is 13.8. The van der Waals surface area contributed by atoms with Gasteiger partial charge in [-0.15, -0.1) is 0 Å². The van der Waals surface area contributed by atoms with Crippen LogP contribution in [-0.2, 0) is 0 Å². The van der Waals surface area contributed by atoms with Crippen molar-refractivity contribution < 1.29 is 4.79 Å². The van der Waals surface area contributed by atoms with E-state index in [1.165, 1.54) is 12.8 Å². The summed E-state index contributed by atoms with van der Waals surface area (Å²) in [7, 11) is 0. The molecule has 0 bridgehead atoms. The number of anilines is 1. The van der Waals surface area contributed by atoms with Crippen molar-refractivity contribution in [2.24, 2.45) is 11.8 Å². The number of benzene rings is 1. The Morgan fingerprint density at radius 1 is 1.37 bits per heavy atom. The van der Waals surface area contributed by atoms with Gasteiger partial charge in [0.05, 0.1) is 0 Å². The number of hydrogen-bond acceptors (Lipinski definition) is 3. The molecule has 4 nitrogen and oxygen atoms in total. The number of nitrogens with one attached hydrogen (secondary N) is 2. The van der Waals surface area contributed by atoms with E-state index < -0.39 is 0 Å². The van der Waals surface area contributed by atoms with Gasteiger partial charge < -0.3 is 10.7 Å². The highest BCUT2D eigenvalue weighted by Gasteiger charge is 2.21. The lowest BCUT2D eigenvalue weighted by Gasteiger charge is -2.27. The molecule has 1 aliphatic carbocycles. The molecule has 104 valence electrons. The Morgan fingerprint density at radius 3 is 2.79 bits per heavy atom. The molecule has 0 aliphatic heterocycles. The standard InChI is InChI=1S/C15H23N3O/c1-10-4-3-5-12(8-10)17-15(19)14-7-6-13(18-16)9-11(14)2/h6-7,9-10,12,18H,3-5,8,16H2,1-2H3,(H,17,19). The lowest BCUT2D eigenvalue weighted by molar-refractivity contribution is 0.0921. The van der Waals surface area contributed by atoms with Crippen LogP contribution < -0.4 is 16.6 Å². The van der Waals surface area contributed by atoms with Crippen LogP contribution in [0.25, 0.3) is 0 Å². The number of carbonyl (C=O) groups is 1. The largest absolute Gasteiger partial charge is 0.349 e. The van der Waals surface area contributed by atoms with Gasteiger partial charge in [0.15, 0.2) is 0 Å². The van der Waals surface area contributed by atoms with Crippen molar-refractivity contribution in [3.8, 4) is 0 Å². The predicted octanol–water partition coefficient (Wildman–Crippen LogP) is 2.59. The first-order valence-corrected chi connectivity index (χ1v) is 6.98. The van der Waals surface area contributed by atoms with Gasteiger partial charge in [0.2, 0.25) is 0 Å². The van der Waals surface area contributed by atoms with Gasteiger partial charge in [-0.1, -0.05) is 19.8 Å². The third kappa shape index (κ3) is 3.47. The smallest absolute Gasteiger partial charge is 0.251 e. The molecular weight excluding hydrogens is 238 g/mol. The first-order valence-electron chi connectivity index (χ1n) is 6.98. The minimum Gasteiger partial charge on any atom is -0.349 e. The molecule has 4 N–H and O–H groups in total. The van der Waals surface area contributed by atoms with Crippen molar-refractivity contribution in [3.63, 3.8) is 0 Å². The zero-order valence-electron chi connectivity index (χ0n) is 11.7. The highest BCUT2D eigenvalue weighted by Crippen LogP contribution is 2.24. The fourth-order valence-corrected chi connectivity index (χ4v) is 2.84. The number of hydrazine groups is 1. The quantitative estimate of drug-likeness (QED) is 0.578. The minimum atomic E-state index is 0.0279. The van der Waals surface area contributed by atoms with E-state index in [0.29, 0.717) is 12.0 Å². The van der Waals surface area contributed by atoms with E-state index in [2.05, 4.69) is 17.7 Å². The van der Waals surface area contributed by atoms with E-state index in [9.17, 15) is 4.79 Å². The highest BCUT2D eigenvalue weighted by molar-refractivity contribution is 5.96. The van der Waals surface area contributed by atoms with Crippen LogP contribution in [-0.4, -0.2) is 11.9 Å². The summed E-state index contributed by atoms with van der Waals surface area (Å²) >= 11 is 0. The molecule has 1 aliphatic rings. The highest BCUT2D eigenvalue weighted by atomic mass is 16.1. The van der Waals surface area contributed by atoms with Gasteiger partial charge in [-0.3, -0.25) is 10.6 Å². The lowest BCUT2D eigenvalue weighted by atomic mass is 9.87. The molecule has 2 rings (SSSR count). The average molecular weight is 261 g/mol. The van der Waals surface area contributed by atoms with Gasteiger partial charge in [0, 0.05) is 17.3 Å². The SMILES string of the molecule is Cc1cc(NN)ccc1C(=O)NC1CCCC(C)C1. The predicted molar refractivity (Wildman–Crippen MR) is 77.9 cm³/mol. The monoisotopic (exact) mass is 261 g/mol. The molecule has 1 saturated carbocycles. The number of carbonyl (C=O) groups excluding carboxylic acids is 1. The van der Waals surface area contributed by atoms with E-state index >= 15 is 0 Å². The van der Waals surface area contributed by atoms with Crippen LogP contribution in [0.1, 0.15) is 48.5 Å². The molecule has 1 amide bonds. The molecule has 0 aromatic heterocycles. The Labute approximate surface area is 114 Å². The lowest BCUT2D eigenvalue weighted by Crippen LogP contribution is -2.38. The second-order valence-corrected chi connectivity index (χ2v) is 5.62. The van der Waals surface area contributed by atoms with Crippen molar-refractivity contribution in [2.45, 2.75) is 45.6 Å². The van der Waals surface area contributed by atoms with Gasteiger partial charge in [0.25, 0.3) is 5.91 Å². The third-order valence-corrected chi connectivity index (χ3v) is 3.91. The molecule has 0 heterocycles.